The van der Waals surface area contributed by atoms with Crippen molar-refractivity contribution in [2.45, 2.75) is 6.10 Å². The lowest BCUT2D eigenvalue weighted by atomic mass is 10.1. The second-order valence-corrected chi connectivity index (χ2v) is 6.36. The first kappa shape index (κ1) is 18.3. The van der Waals surface area contributed by atoms with Gasteiger partial charge in [-0.3, -0.25) is 19.3 Å². The smallest absolute Gasteiger partial charge is 0.339 e. The minimum absolute atomic E-state index is 0.0951. The average Bonchev–Trinajstić information content (AvgIpc) is 2.89. The Morgan fingerprint density at radius 2 is 1.59 bits per heavy atom. The van der Waals surface area contributed by atoms with E-state index in [4.69, 9.17) is 4.74 Å². The van der Waals surface area contributed by atoms with Crippen LogP contribution in [0.5, 0.6) is 0 Å². The fourth-order valence-corrected chi connectivity index (χ4v) is 2.79. The number of amides is 3. The standard InChI is InChI=1S/C20H18N2O5/c1-21(2)19(25)16(12-7-5-4-6-8-12)27-20(26)13-9-10-14-15(11-13)18(24)22(3)17(14)23/h4-11,16H,1-3H3/t16-/m1/s1. The van der Waals surface area contributed by atoms with Gasteiger partial charge in [-0.1, -0.05) is 30.3 Å². The summed E-state index contributed by atoms with van der Waals surface area (Å²) in [5.74, 6) is -2.04. The van der Waals surface area contributed by atoms with E-state index in [1.54, 1.807) is 44.4 Å². The van der Waals surface area contributed by atoms with Crippen LogP contribution in [0, 0.1) is 0 Å². The van der Waals surface area contributed by atoms with Crippen molar-refractivity contribution < 1.29 is 23.9 Å². The third-order valence-corrected chi connectivity index (χ3v) is 4.32. The van der Waals surface area contributed by atoms with Crippen molar-refractivity contribution in [1.82, 2.24) is 9.80 Å². The van der Waals surface area contributed by atoms with Crippen LogP contribution in [-0.4, -0.2) is 54.6 Å². The molecule has 1 atom stereocenters. The predicted molar refractivity (Wildman–Crippen MR) is 96.2 cm³/mol. The Hall–Kier alpha value is -3.48. The first-order chi connectivity index (χ1) is 12.8. The number of esters is 1. The van der Waals surface area contributed by atoms with Gasteiger partial charge < -0.3 is 9.64 Å². The van der Waals surface area contributed by atoms with Crippen molar-refractivity contribution in [2.24, 2.45) is 0 Å². The maximum Gasteiger partial charge on any atom is 0.339 e. The summed E-state index contributed by atoms with van der Waals surface area (Å²) in [5, 5.41) is 0. The highest BCUT2D eigenvalue weighted by atomic mass is 16.5. The van der Waals surface area contributed by atoms with E-state index >= 15 is 0 Å². The van der Waals surface area contributed by atoms with E-state index in [0.717, 1.165) is 4.90 Å². The van der Waals surface area contributed by atoms with Crippen LogP contribution in [0.3, 0.4) is 0 Å². The lowest BCUT2D eigenvalue weighted by molar-refractivity contribution is -0.138. The third kappa shape index (κ3) is 3.31. The molecule has 1 aliphatic rings. The average molecular weight is 366 g/mol. The highest BCUT2D eigenvalue weighted by molar-refractivity contribution is 6.21. The molecule has 3 amide bonds. The lowest BCUT2D eigenvalue weighted by Gasteiger charge is -2.21. The molecule has 7 nitrogen and oxygen atoms in total. The molecular weight excluding hydrogens is 348 g/mol. The number of carbonyl (C=O) groups is 4. The molecule has 0 bridgehead atoms. The van der Waals surface area contributed by atoms with Gasteiger partial charge in [0, 0.05) is 26.7 Å². The molecule has 0 fully saturated rings. The van der Waals surface area contributed by atoms with Gasteiger partial charge in [-0.15, -0.1) is 0 Å². The molecule has 27 heavy (non-hydrogen) atoms. The molecule has 2 aromatic rings. The number of fused-ring (bicyclic) bond motifs is 1. The van der Waals surface area contributed by atoms with Gasteiger partial charge >= 0.3 is 5.97 Å². The Bertz CT molecular complexity index is 937. The monoisotopic (exact) mass is 366 g/mol. The number of imide groups is 1. The molecule has 0 aromatic heterocycles. The zero-order chi connectivity index (χ0) is 19.7. The second-order valence-electron chi connectivity index (χ2n) is 6.36. The van der Waals surface area contributed by atoms with E-state index < -0.39 is 23.9 Å². The number of likely N-dealkylation sites (N-methyl/N-ethyl adjacent to an activating group) is 1. The van der Waals surface area contributed by atoms with Crippen LogP contribution >= 0.6 is 0 Å². The molecule has 0 aliphatic carbocycles. The van der Waals surface area contributed by atoms with E-state index in [1.165, 1.54) is 30.1 Å². The van der Waals surface area contributed by atoms with Crippen molar-refractivity contribution in [1.29, 1.82) is 0 Å². The van der Waals surface area contributed by atoms with Gasteiger partial charge in [0.15, 0.2) is 0 Å². The molecule has 1 heterocycles. The Kier molecular flexibility index (Phi) is 4.77. The first-order valence-corrected chi connectivity index (χ1v) is 8.24. The Labute approximate surface area is 156 Å². The number of hydrogen-bond acceptors (Lipinski definition) is 5. The van der Waals surface area contributed by atoms with Crippen LogP contribution in [0.1, 0.15) is 42.7 Å². The molecule has 2 aromatic carbocycles. The maximum atomic E-state index is 12.6. The number of ether oxygens (including phenoxy) is 1. The normalized spacial score (nSPS) is 14.0. The summed E-state index contributed by atoms with van der Waals surface area (Å²) in [6.07, 6.45) is -1.11. The molecule has 0 radical (unpaired) electrons. The van der Waals surface area contributed by atoms with E-state index in [-0.39, 0.29) is 22.6 Å². The summed E-state index contributed by atoms with van der Waals surface area (Å²) < 4.78 is 5.45. The van der Waals surface area contributed by atoms with Crippen LogP contribution in [0.15, 0.2) is 48.5 Å². The number of carbonyl (C=O) groups excluding carboxylic acids is 4. The highest BCUT2D eigenvalue weighted by Crippen LogP contribution is 2.25. The molecule has 1 aliphatic heterocycles. The summed E-state index contributed by atoms with van der Waals surface area (Å²) in [6, 6.07) is 12.8. The van der Waals surface area contributed by atoms with Gasteiger partial charge in [-0.05, 0) is 18.2 Å². The summed E-state index contributed by atoms with van der Waals surface area (Å²) in [7, 11) is 4.52. The molecular formula is C20H18N2O5. The maximum absolute atomic E-state index is 12.6. The zero-order valence-electron chi connectivity index (χ0n) is 15.1. The summed E-state index contributed by atoms with van der Waals surface area (Å²) >= 11 is 0. The fraction of sp³-hybridized carbons (Fsp3) is 0.200. The fourth-order valence-electron chi connectivity index (χ4n) is 2.79. The zero-order valence-corrected chi connectivity index (χ0v) is 15.1. The minimum Gasteiger partial charge on any atom is -0.444 e. The number of nitrogens with zero attached hydrogens (tertiary/aromatic N) is 2. The van der Waals surface area contributed by atoms with Gasteiger partial charge in [0.05, 0.1) is 16.7 Å². The van der Waals surface area contributed by atoms with Crippen molar-refractivity contribution in [2.75, 3.05) is 21.1 Å². The topological polar surface area (TPSA) is 84.0 Å². The van der Waals surface area contributed by atoms with E-state index in [9.17, 15) is 19.2 Å². The van der Waals surface area contributed by atoms with Gasteiger partial charge in [0.1, 0.15) is 0 Å². The summed E-state index contributed by atoms with van der Waals surface area (Å²) in [5.41, 5.74) is 1.02. The summed E-state index contributed by atoms with van der Waals surface area (Å²) in [6.45, 7) is 0. The van der Waals surface area contributed by atoms with Gasteiger partial charge in [0.25, 0.3) is 17.7 Å². The van der Waals surface area contributed by atoms with Crippen LogP contribution in [0.4, 0.5) is 0 Å². The highest BCUT2D eigenvalue weighted by Gasteiger charge is 2.34. The van der Waals surface area contributed by atoms with Crippen molar-refractivity contribution in [3.8, 4) is 0 Å². The molecule has 0 saturated carbocycles. The first-order valence-electron chi connectivity index (χ1n) is 8.24. The van der Waals surface area contributed by atoms with Crippen molar-refractivity contribution in [3.63, 3.8) is 0 Å². The van der Waals surface area contributed by atoms with Gasteiger partial charge in [0.2, 0.25) is 6.10 Å². The predicted octanol–water partition coefficient (Wildman–Crippen LogP) is 1.90. The van der Waals surface area contributed by atoms with Gasteiger partial charge in [-0.25, -0.2) is 4.79 Å². The third-order valence-electron chi connectivity index (χ3n) is 4.32. The quantitative estimate of drug-likeness (QED) is 0.610. The van der Waals surface area contributed by atoms with Crippen molar-refractivity contribution in [3.05, 3.63) is 70.8 Å². The van der Waals surface area contributed by atoms with Crippen LogP contribution in [-0.2, 0) is 9.53 Å². The second kappa shape index (κ2) is 7.03. The lowest BCUT2D eigenvalue weighted by Crippen LogP contribution is -2.31. The van der Waals surface area contributed by atoms with E-state index in [0.29, 0.717) is 5.56 Å². The van der Waals surface area contributed by atoms with E-state index in [2.05, 4.69) is 0 Å². The minimum atomic E-state index is -1.11. The van der Waals surface area contributed by atoms with Crippen LogP contribution in [0.25, 0.3) is 0 Å². The molecule has 7 heteroatoms. The molecule has 138 valence electrons. The van der Waals surface area contributed by atoms with E-state index in [1.807, 2.05) is 0 Å². The van der Waals surface area contributed by atoms with Crippen LogP contribution < -0.4 is 0 Å². The van der Waals surface area contributed by atoms with Crippen LogP contribution in [0.2, 0.25) is 0 Å². The van der Waals surface area contributed by atoms with Crippen molar-refractivity contribution >= 4 is 23.7 Å². The molecule has 0 saturated heterocycles. The number of benzene rings is 2. The molecule has 0 N–H and O–H groups in total. The van der Waals surface area contributed by atoms with Gasteiger partial charge in [-0.2, -0.15) is 0 Å². The molecule has 0 spiro atoms. The largest absolute Gasteiger partial charge is 0.444 e. The number of hydrogen-bond donors (Lipinski definition) is 0. The Morgan fingerprint density at radius 3 is 2.22 bits per heavy atom. The SMILES string of the molecule is CN(C)C(=O)[C@H](OC(=O)c1ccc2c(c1)C(=O)N(C)C2=O)c1ccccc1. The Balaban J connectivity index is 1.90. The molecule has 0 unspecified atom stereocenters. The number of rotatable bonds is 4. The molecule has 3 rings (SSSR count). The Morgan fingerprint density at radius 1 is 0.963 bits per heavy atom. The summed E-state index contributed by atoms with van der Waals surface area (Å²) in [4.78, 5) is 51.5.